The maximum absolute atomic E-state index is 12.9. The Morgan fingerprint density at radius 3 is 2.14 bits per heavy atom. The molecule has 0 spiro atoms. The third-order valence-electron chi connectivity index (χ3n) is 2.45. The van der Waals surface area contributed by atoms with Gasteiger partial charge in [0.05, 0.1) is 11.5 Å². The van der Waals surface area contributed by atoms with Crippen LogP contribution < -0.4 is 0 Å². The maximum Gasteiger partial charge on any atom is 0.126 e. The molecule has 1 rings (SSSR count). The van der Waals surface area contributed by atoms with Crippen molar-refractivity contribution in [3.8, 4) is 6.07 Å². The van der Waals surface area contributed by atoms with Gasteiger partial charge in [-0.3, -0.25) is 0 Å². The molecule has 0 fully saturated rings. The smallest absolute Gasteiger partial charge is 0.126 e. The van der Waals surface area contributed by atoms with Crippen LogP contribution in [0.2, 0.25) is 0 Å². The van der Waals surface area contributed by atoms with E-state index in [1.165, 1.54) is 12.1 Å². The fourth-order valence-corrected chi connectivity index (χ4v) is 1.22. The monoisotopic (exact) mass is 195 g/mol. The lowest BCUT2D eigenvalue weighted by Crippen LogP contribution is -2.18. The van der Waals surface area contributed by atoms with Crippen LogP contribution in [0.4, 0.5) is 8.78 Å². The Hall–Kier alpha value is -1.43. The highest BCUT2D eigenvalue weighted by molar-refractivity contribution is 5.31. The Balaban J connectivity index is 3.26. The first-order valence-electron chi connectivity index (χ1n) is 4.39. The Morgan fingerprint density at radius 2 is 1.79 bits per heavy atom. The van der Waals surface area contributed by atoms with Crippen molar-refractivity contribution in [2.24, 2.45) is 0 Å². The molecule has 0 heterocycles. The first-order chi connectivity index (χ1) is 6.51. The maximum atomic E-state index is 12.9. The van der Waals surface area contributed by atoms with Gasteiger partial charge >= 0.3 is 0 Å². The highest BCUT2D eigenvalue weighted by Crippen LogP contribution is 2.27. The Labute approximate surface area is 82.0 Å². The van der Waals surface area contributed by atoms with Crippen molar-refractivity contribution in [3.05, 3.63) is 35.4 Å². The van der Waals surface area contributed by atoms with Crippen LogP contribution in [0.5, 0.6) is 0 Å². The zero-order valence-electron chi connectivity index (χ0n) is 8.14. The number of rotatable bonds is 2. The average molecular weight is 195 g/mol. The minimum atomic E-state index is -0.817. The van der Waals surface area contributed by atoms with Crippen LogP contribution in [0, 0.1) is 23.0 Å². The molecule has 0 aliphatic carbocycles. The molecule has 0 aromatic heterocycles. The summed E-state index contributed by atoms with van der Waals surface area (Å²) in [6, 6.07) is 5.28. The summed E-state index contributed by atoms with van der Waals surface area (Å²) in [6.45, 7) is 3.48. The molecule has 0 bridgehead atoms. The lowest BCUT2D eigenvalue weighted by atomic mass is 9.81. The lowest BCUT2D eigenvalue weighted by Gasteiger charge is -2.19. The first-order valence-corrected chi connectivity index (χ1v) is 4.39. The Morgan fingerprint density at radius 1 is 1.29 bits per heavy atom. The van der Waals surface area contributed by atoms with E-state index < -0.39 is 17.0 Å². The highest BCUT2D eigenvalue weighted by atomic mass is 19.1. The second-order valence-electron chi connectivity index (χ2n) is 3.46. The van der Waals surface area contributed by atoms with Crippen molar-refractivity contribution >= 4 is 0 Å². The molecule has 0 aliphatic rings. The van der Waals surface area contributed by atoms with E-state index in [9.17, 15) is 8.78 Å². The summed E-state index contributed by atoms with van der Waals surface area (Å²) in [4.78, 5) is 0. The quantitative estimate of drug-likeness (QED) is 0.711. The molecule has 3 heteroatoms. The molecule has 1 atom stereocenters. The van der Waals surface area contributed by atoms with Gasteiger partial charge in [0.15, 0.2) is 0 Å². The number of hydrogen-bond acceptors (Lipinski definition) is 1. The molecule has 0 aliphatic heterocycles. The average Bonchev–Trinajstić information content (AvgIpc) is 2.15. The summed E-state index contributed by atoms with van der Waals surface area (Å²) >= 11 is 0. The molecule has 74 valence electrons. The number of nitrogens with zero attached hydrogens (tertiary/aromatic N) is 1. The zero-order chi connectivity index (χ0) is 10.8. The molecule has 0 saturated carbocycles. The number of halogens is 2. The summed E-state index contributed by atoms with van der Waals surface area (Å²) in [5.41, 5.74) is -0.428. The van der Waals surface area contributed by atoms with Crippen molar-refractivity contribution in [3.63, 3.8) is 0 Å². The van der Waals surface area contributed by atoms with Gasteiger partial charge in [-0.05, 0) is 31.0 Å². The van der Waals surface area contributed by atoms with E-state index in [1.807, 2.05) is 6.92 Å². The van der Waals surface area contributed by atoms with Crippen molar-refractivity contribution in [2.75, 3.05) is 0 Å². The van der Waals surface area contributed by atoms with Crippen LogP contribution in [-0.4, -0.2) is 0 Å². The van der Waals surface area contributed by atoms with Gasteiger partial charge in [0.2, 0.25) is 0 Å². The van der Waals surface area contributed by atoms with Crippen LogP contribution in [-0.2, 0) is 5.41 Å². The molecular weight excluding hydrogens is 184 g/mol. The van der Waals surface area contributed by atoms with Gasteiger partial charge in [-0.25, -0.2) is 8.78 Å². The van der Waals surface area contributed by atoms with Crippen LogP contribution in [0.1, 0.15) is 25.8 Å². The predicted molar refractivity (Wildman–Crippen MR) is 49.6 cm³/mol. The van der Waals surface area contributed by atoms with Gasteiger partial charge in [-0.15, -0.1) is 0 Å². The van der Waals surface area contributed by atoms with Gasteiger partial charge in [0, 0.05) is 6.07 Å². The van der Waals surface area contributed by atoms with Crippen LogP contribution in [0.15, 0.2) is 18.2 Å². The van der Waals surface area contributed by atoms with Gasteiger partial charge in [-0.1, -0.05) is 6.92 Å². The second-order valence-corrected chi connectivity index (χ2v) is 3.46. The van der Waals surface area contributed by atoms with Gasteiger partial charge in [-0.2, -0.15) is 5.26 Å². The summed E-state index contributed by atoms with van der Waals surface area (Å²) in [5.74, 6) is -1.29. The van der Waals surface area contributed by atoms with Gasteiger partial charge < -0.3 is 0 Å². The molecule has 0 N–H and O–H groups in total. The SMILES string of the molecule is CCC(C)(C#N)c1cc(F)cc(F)c1. The molecule has 14 heavy (non-hydrogen) atoms. The number of benzene rings is 1. The van der Waals surface area contributed by atoms with Crippen molar-refractivity contribution in [1.82, 2.24) is 0 Å². The molecular formula is C11H11F2N. The molecule has 0 radical (unpaired) electrons. The normalized spacial score (nSPS) is 14.5. The Bertz CT molecular complexity index is 361. The van der Waals surface area contributed by atoms with E-state index in [-0.39, 0.29) is 0 Å². The summed E-state index contributed by atoms with van der Waals surface area (Å²) < 4.78 is 25.8. The minimum Gasteiger partial charge on any atom is -0.207 e. The zero-order valence-corrected chi connectivity index (χ0v) is 8.14. The van der Waals surface area contributed by atoms with E-state index in [1.54, 1.807) is 6.92 Å². The minimum absolute atomic E-state index is 0.389. The Kier molecular flexibility index (Phi) is 2.85. The first kappa shape index (κ1) is 10.6. The molecule has 1 unspecified atom stereocenters. The third kappa shape index (κ3) is 1.90. The van der Waals surface area contributed by atoms with E-state index in [2.05, 4.69) is 6.07 Å². The molecule has 1 nitrogen and oxygen atoms in total. The predicted octanol–water partition coefficient (Wildman–Crippen LogP) is 3.16. The molecule has 0 amide bonds. The van der Waals surface area contributed by atoms with Crippen LogP contribution in [0.3, 0.4) is 0 Å². The van der Waals surface area contributed by atoms with Crippen LogP contribution >= 0.6 is 0 Å². The van der Waals surface area contributed by atoms with E-state index in [4.69, 9.17) is 5.26 Å². The topological polar surface area (TPSA) is 23.8 Å². The molecule has 1 aromatic carbocycles. The van der Waals surface area contributed by atoms with Crippen molar-refractivity contribution < 1.29 is 8.78 Å². The summed E-state index contributed by atoms with van der Waals surface area (Å²) in [7, 11) is 0. The fraction of sp³-hybridized carbons (Fsp3) is 0.364. The number of nitriles is 1. The van der Waals surface area contributed by atoms with Crippen molar-refractivity contribution in [2.45, 2.75) is 25.7 Å². The van der Waals surface area contributed by atoms with E-state index in [0.29, 0.717) is 12.0 Å². The van der Waals surface area contributed by atoms with E-state index in [0.717, 1.165) is 6.07 Å². The standard InChI is InChI=1S/C11H11F2N/c1-3-11(2,7-14)8-4-9(12)6-10(13)5-8/h4-6H,3H2,1-2H3. The molecule has 1 aromatic rings. The molecule has 0 saturated heterocycles. The fourth-order valence-electron chi connectivity index (χ4n) is 1.22. The lowest BCUT2D eigenvalue weighted by molar-refractivity contribution is 0.546. The summed E-state index contributed by atoms with van der Waals surface area (Å²) in [5, 5.41) is 8.93. The van der Waals surface area contributed by atoms with E-state index >= 15 is 0 Å². The van der Waals surface area contributed by atoms with Crippen LogP contribution in [0.25, 0.3) is 0 Å². The largest absolute Gasteiger partial charge is 0.207 e. The van der Waals surface area contributed by atoms with Gasteiger partial charge in [0.1, 0.15) is 11.6 Å². The second kappa shape index (κ2) is 3.75. The van der Waals surface area contributed by atoms with Gasteiger partial charge in [0.25, 0.3) is 0 Å². The number of hydrogen-bond donors (Lipinski definition) is 0. The van der Waals surface area contributed by atoms with Crippen molar-refractivity contribution in [1.29, 1.82) is 5.26 Å². The summed E-state index contributed by atoms with van der Waals surface area (Å²) in [6.07, 6.45) is 0.520. The third-order valence-corrected chi connectivity index (χ3v) is 2.45. The highest BCUT2D eigenvalue weighted by Gasteiger charge is 2.25.